The van der Waals surface area contributed by atoms with E-state index in [4.69, 9.17) is 11.3 Å². The Bertz CT molecular complexity index is 911. The van der Waals surface area contributed by atoms with Crippen LogP contribution in [0.2, 0.25) is 0 Å². The molecular weight excluding hydrogens is 288 g/mol. The maximum absolute atomic E-state index is 12.3. The van der Waals surface area contributed by atoms with E-state index in [0.717, 1.165) is 22.3 Å². The number of benzene rings is 2. The largest absolute Gasteiger partial charge is 0.462 e. The molecule has 23 heavy (non-hydrogen) atoms. The SMILES string of the molecule is [C-]#[N+]/C(C#N)=C1\c2ccccc2-c2c(C(=O)OCC)cccc21. The number of esters is 1. The zero-order valence-electron chi connectivity index (χ0n) is 12.5. The van der Waals surface area contributed by atoms with Gasteiger partial charge in [-0.1, -0.05) is 36.4 Å². The van der Waals surface area contributed by atoms with Gasteiger partial charge in [0.1, 0.15) is 0 Å². The topological polar surface area (TPSA) is 54.5 Å². The third kappa shape index (κ3) is 2.18. The Hall–Kier alpha value is -3.37. The highest BCUT2D eigenvalue weighted by atomic mass is 16.5. The van der Waals surface area contributed by atoms with Gasteiger partial charge in [-0.25, -0.2) is 14.9 Å². The summed E-state index contributed by atoms with van der Waals surface area (Å²) in [5.74, 6) is -0.401. The van der Waals surface area contributed by atoms with Gasteiger partial charge in [-0.2, -0.15) is 0 Å². The number of nitriles is 1. The molecule has 2 aromatic carbocycles. The fourth-order valence-electron chi connectivity index (χ4n) is 2.89. The van der Waals surface area contributed by atoms with Crippen LogP contribution in [-0.4, -0.2) is 12.6 Å². The fraction of sp³-hybridized carbons (Fsp3) is 0.105. The number of fused-ring (bicyclic) bond motifs is 3. The van der Waals surface area contributed by atoms with Crippen LogP contribution in [0.4, 0.5) is 0 Å². The van der Waals surface area contributed by atoms with Gasteiger partial charge >= 0.3 is 5.97 Å². The molecule has 0 radical (unpaired) electrons. The summed E-state index contributed by atoms with van der Waals surface area (Å²) in [6, 6.07) is 14.7. The zero-order chi connectivity index (χ0) is 16.4. The van der Waals surface area contributed by atoms with Gasteiger partial charge in [0.05, 0.1) is 24.8 Å². The molecular formula is C19H12N2O2. The van der Waals surface area contributed by atoms with Crippen molar-refractivity contribution in [3.8, 4) is 17.2 Å². The van der Waals surface area contributed by atoms with Crippen molar-refractivity contribution in [1.82, 2.24) is 0 Å². The normalized spacial score (nSPS) is 13.3. The molecule has 4 heteroatoms. The highest BCUT2D eigenvalue weighted by Gasteiger charge is 2.30. The highest BCUT2D eigenvalue weighted by Crippen LogP contribution is 2.47. The highest BCUT2D eigenvalue weighted by molar-refractivity contribution is 6.10. The molecule has 0 unspecified atom stereocenters. The summed E-state index contributed by atoms with van der Waals surface area (Å²) in [4.78, 5) is 15.6. The molecule has 2 aromatic rings. The Kier molecular flexibility index (Phi) is 3.66. The zero-order valence-corrected chi connectivity index (χ0v) is 12.5. The lowest BCUT2D eigenvalue weighted by Crippen LogP contribution is -2.06. The first-order valence-electron chi connectivity index (χ1n) is 7.15. The molecule has 1 aliphatic rings. The van der Waals surface area contributed by atoms with Crippen LogP contribution in [0, 0.1) is 17.9 Å². The maximum Gasteiger partial charge on any atom is 0.338 e. The Morgan fingerprint density at radius 2 is 1.87 bits per heavy atom. The monoisotopic (exact) mass is 300 g/mol. The smallest absolute Gasteiger partial charge is 0.338 e. The lowest BCUT2D eigenvalue weighted by molar-refractivity contribution is 0.0527. The van der Waals surface area contributed by atoms with Gasteiger partial charge in [0, 0.05) is 11.1 Å². The molecule has 3 rings (SSSR count). The van der Waals surface area contributed by atoms with E-state index in [1.807, 2.05) is 36.4 Å². The van der Waals surface area contributed by atoms with E-state index < -0.39 is 5.97 Å². The molecule has 0 aliphatic heterocycles. The number of carbonyl (C=O) groups excluding carboxylic acids is 1. The van der Waals surface area contributed by atoms with Crippen molar-refractivity contribution in [2.24, 2.45) is 0 Å². The van der Waals surface area contributed by atoms with Crippen LogP contribution in [0.25, 0.3) is 21.5 Å². The predicted molar refractivity (Wildman–Crippen MR) is 86.1 cm³/mol. The number of rotatable bonds is 2. The van der Waals surface area contributed by atoms with Crippen LogP contribution in [-0.2, 0) is 4.74 Å². The van der Waals surface area contributed by atoms with Crippen LogP contribution in [0.15, 0.2) is 48.2 Å². The number of nitrogens with zero attached hydrogens (tertiary/aromatic N) is 2. The Morgan fingerprint density at radius 3 is 2.52 bits per heavy atom. The molecule has 0 amide bonds. The molecule has 0 bridgehead atoms. The van der Waals surface area contributed by atoms with Crippen molar-refractivity contribution < 1.29 is 9.53 Å². The molecule has 0 spiro atoms. The van der Waals surface area contributed by atoms with E-state index in [2.05, 4.69) is 4.85 Å². The van der Waals surface area contributed by atoms with Crippen molar-refractivity contribution in [2.45, 2.75) is 6.92 Å². The second-order valence-electron chi connectivity index (χ2n) is 4.94. The summed E-state index contributed by atoms with van der Waals surface area (Å²) < 4.78 is 5.14. The molecule has 0 N–H and O–H groups in total. The van der Waals surface area contributed by atoms with Gasteiger partial charge in [-0.05, 0) is 29.7 Å². The summed E-state index contributed by atoms with van der Waals surface area (Å²) in [6.07, 6.45) is 0. The Morgan fingerprint density at radius 1 is 1.17 bits per heavy atom. The minimum atomic E-state index is -0.401. The first kappa shape index (κ1) is 14.6. The van der Waals surface area contributed by atoms with Gasteiger partial charge < -0.3 is 4.74 Å². The van der Waals surface area contributed by atoms with Crippen molar-refractivity contribution in [2.75, 3.05) is 6.61 Å². The van der Waals surface area contributed by atoms with Crippen LogP contribution in [0.3, 0.4) is 0 Å². The van der Waals surface area contributed by atoms with Crippen molar-refractivity contribution >= 4 is 11.5 Å². The van der Waals surface area contributed by atoms with Crippen LogP contribution in [0.1, 0.15) is 28.4 Å². The van der Waals surface area contributed by atoms with Gasteiger partial charge in [0.25, 0.3) is 5.70 Å². The first-order chi connectivity index (χ1) is 11.2. The first-order valence-corrected chi connectivity index (χ1v) is 7.15. The third-order valence-corrected chi connectivity index (χ3v) is 3.75. The predicted octanol–water partition coefficient (Wildman–Crippen LogP) is 4.05. The summed E-state index contributed by atoms with van der Waals surface area (Å²) in [7, 11) is 0. The van der Waals surface area contributed by atoms with Crippen LogP contribution in [0.5, 0.6) is 0 Å². The summed E-state index contributed by atoms with van der Waals surface area (Å²) in [5.41, 5.74) is 4.16. The van der Waals surface area contributed by atoms with E-state index in [0.29, 0.717) is 17.7 Å². The lowest BCUT2D eigenvalue weighted by Gasteiger charge is -2.08. The van der Waals surface area contributed by atoms with Crippen molar-refractivity contribution in [1.29, 1.82) is 5.26 Å². The minimum absolute atomic E-state index is 0.0252. The second kappa shape index (κ2) is 5.79. The van der Waals surface area contributed by atoms with Crippen molar-refractivity contribution in [3.63, 3.8) is 0 Å². The lowest BCUT2D eigenvalue weighted by atomic mass is 9.99. The molecule has 0 saturated heterocycles. The molecule has 4 nitrogen and oxygen atoms in total. The maximum atomic E-state index is 12.3. The molecule has 0 heterocycles. The Labute approximate surface area is 134 Å². The molecule has 1 aliphatic carbocycles. The average Bonchev–Trinajstić information content (AvgIpc) is 2.91. The standard InChI is InChI=1S/C19H12N2O2/c1-3-23-19(22)15-10-6-9-14-17(15)12-7-4-5-8-13(12)18(14)16(11-20)21-2/h4-10H,3H2,1H3/b18-16+. The summed E-state index contributed by atoms with van der Waals surface area (Å²) >= 11 is 0. The van der Waals surface area contributed by atoms with E-state index in [9.17, 15) is 10.1 Å². The number of carbonyl (C=O) groups is 1. The quantitative estimate of drug-likeness (QED) is 0.407. The fourth-order valence-corrected chi connectivity index (χ4v) is 2.89. The van der Waals surface area contributed by atoms with E-state index in [1.54, 1.807) is 19.1 Å². The summed E-state index contributed by atoms with van der Waals surface area (Å²) in [6.45, 7) is 9.31. The molecule has 0 atom stereocenters. The molecule has 110 valence electrons. The van der Waals surface area contributed by atoms with Gasteiger partial charge in [-0.15, -0.1) is 0 Å². The van der Waals surface area contributed by atoms with Gasteiger partial charge in [0.2, 0.25) is 0 Å². The average molecular weight is 300 g/mol. The summed E-state index contributed by atoms with van der Waals surface area (Å²) in [5, 5.41) is 9.29. The molecule has 0 saturated carbocycles. The minimum Gasteiger partial charge on any atom is -0.462 e. The van der Waals surface area contributed by atoms with Gasteiger partial charge in [0.15, 0.2) is 0 Å². The number of ether oxygens (including phenoxy) is 1. The van der Waals surface area contributed by atoms with E-state index in [-0.39, 0.29) is 5.70 Å². The Balaban J connectivity index is 2.39. The van der Waals surface area contributed by atoms with Gasteiger partial charge in [-0.3, -0.25) is 0 Å². The van der Waals surface area contributed by atoms with Crippen molar-refractivity contribution in [3.05, 3.63) is 76.3 Å². The van der Waals surface area contributed by atoms with Crippen LogP contribution >= 0.6 is 0 Å². The number of hydrogen-bond acceptors (Lipinski definition) is 3. The molecule has 0 aromatic heterocycles. The van der Waals surface area contributed by atoms with Crippen LogP contribution < -0.4 is 0 Å². The third-order valence-electron chi connectivity index (χ3n) is 3.75. The number of allylic oxidation sites excluding steroid dienone is 1. The molecule has 0 fully saturated rings. The number of hydrogen-bond donors (Lipinski definition) is 0. The van der Waals surface area contributed by atoms with E-state index in [1.165, 1.54) is 0 Å². The van der Waals surface area contributed by atoms with E-state index >= 15 is 0 Å². The second-order valence-corrected chi connectivity index (χ2v) is 4.94.